The zero-order valence-electron chi connectivity index (χ0n) is 16.6. The van der Waals surface area contributed by atoms with E-state index >= 15 is 0 Å². The molecule has 28 heavy (non-hydrogen) atoms. The predicted octanol–water partition coefficient (Wildman–Crippen LogP) is 3.15. The molecule has 1 aliphatic heterocycles. The number of pyridine rings is 1. The van der Waals surface area contributed by atoms with Crippen molar-refractivity contribution in [3.63, 3.8) is 0 Å². The van der Waals surface area contributed by atoms with E-state index in [0.717, 1.165) is 25.6 Å². The van der Waals surface area contributed by atoms with Crippen LogP contribution in [0.2, 0.25) is 0 Å². The zero-order chi connectivity index (χ0) is 20.6. The van der Waals surface area contributed by atoms with Gasteiger partial charge in [0.05, 0.1) is 23.5 Å². The molecule has 1 amide bonds. The largest absolute Gasteiger partial charge is 0.417 e. The van der Waals surface area contributed by atoms with Gasteiger partial charge in [0.25, 0.3) is 0 Å². The van der Waals surface area contributed by atoms with E-state index in [-0.39, 0.29) is 18.0 Å². The molecular weight excluding hydrogens is 369 g/mol. The monoisotopic (exact) mass is 398 g/mol. The number of anilines is 1. The maximum absolute atomic E-state index is 13.0. The number of hydrogen-bond donors (Lipinski definition) is 1. The Kier molecular flexibility index (Phi) is 5.89. The van der Waals surface area contributed by atoms with Crippen LogP contribution < -0.4 is 10.6 Å². The number of nitrogens with two attached hydrogens (primary N) is 1. The summed E-state index contributed by atoms with van der Waals surface area (Å²) in [6.07, 6.45) is 0.673. The van der Waals surface area contributed by atoms with Gasteiger partial charge in [-0.2, -0.15) is 13.2 Å². The van der Waals surface area contributed by atoms with Gasteiger partial charge in [0.1, 0.15) is 0 Å². The van der Waals surface area contributed by atoms with Crippen molar-refractivity contribution in [3.05, 3.63) is 24.0 Å². The highest BCUT2D eigenvalue weighted by Crippen LogP contribution is 2.43. The summed E-state index contributed by atoms with van der Waals surface area (Å²) in [6, 6.07) is 1.08. The van der Waals surface area contributed by atoms with Gasteiger partial charge in [0.2, 0.25) is 5.91 Å². The molecule has 2 heterocycles. The topological polar surface area (TPSA) is 62.5 Å². The Balaban J connectivity index is 1.74. The van der Waals surface area contributed by atoms with Crippen molar-refractivity contribution in [3.8, 4) is 0 Å². The molecule has 0 unspecified atom stereocenters. The van der Waals surface area contributed by atoms with Crippen LogP contribution in [0.5, 0.6) is 0 Å². The molecule has 8 heteroatoms. The van der Waals surface area contributed by atoms with Crippen molar-refractivity contribution in [2.24, 2.45) is 23.5 Å². The molecular formula is C20H29F3N4O. The maximum Gasteiger partial charge on any atom is 0.417 e. The molecule has 1 aromatic heterocycles. The first-order valence-corrected chi connectivity index (χ1v) is 9.86. The van der Waals surface area contributed by atoms with Gasteiger partial charge < -0.3 is 10.6 Å². The van der Waals surface area contributed by atoms with Gasteiger partial charge >= 0.3 is 6.18 Å². The third-order valence-electron chi connectivity index (χ3n) is 6.27. The third-order valence-corrected chi connectivity index (χ3v) is 6.27. The highest BCUT2D eigenvalue weighted by molar-refractivity contribution is 5.79. The molecule has 5 nitrogen and oxygen atoms in total. The van der Waals surface area contributed by atoms with E-state index in [2.05, 4.69) is 23.7 Å². The minimum atomic E-state index is -4.40. The Morgan fingerprint density at radius 2 is 2.04 bits per heavy atom. The number of carbonyl (C=O) groups excluding carboxylic acids is 1. The van der Waals surface area contributed by atoms with Crippen LogP contribution in [0.3, 0.4) is 0 Å². The van der Waals surface area contributed by atoms with Crippen LogP contribution in [0.4, 0.5) is 18.9 Å². The molecule has 2 aliphatic rings. The predicted molar refractivity (Wildman–Crippen MR) is 102 cm³/mol. The van der Waals surface area contributed by atoms with Crippen molar-refractivity contribution >= 4 is 11.6 Å². The number of carbonyl (C=O) groups is 1. The number of aromatic nitrogens is 1. The quantitative estimate of drug-likeness (QED) is 0.800. The number of alkyl halides is 3. The van der Waals surface area contributed by atoms with Crippen molar-refractivity contribution in [2.45, 2.75) is 51.4 Å². The fourth-order valence-corrected chi connectivity index (χ4v) is 4.87. The summed E-state index contributed by atoms with van der Waals surface area (Å²) in [4.78, 5) is 19.9. The summed E-state index contributed by atoms with van der Waals surface area (Å²) in [5.74, 6) is 0.771. The average molecular weight is 398 g/mol. The van der Waals surface area contributed by atoms with Crippen LogP contribution >= 0.6 is 0 Å². The molecule has 2 fully saturated rings. The normalized spacial score (nSPS) is 26.1. The Labute approximate surface area is 164 Å². The number of likely N-dealkylation sites (N-methyl/N-ethyl adjacent to an activating group) is 1. The standard InChI is InChI=1S/C20H29F3N4O/c1-12(2)6-18(19(24)28)26(3)17-5-4-13-10-27(11-16(13)17)15-7-14(8-25-9-15)20(21,22)23/h7-9,12-13,16-18H,4-6,10-11H2,1-3H3,(H2,24,28)/t13-,16+,17+,18+/m1/s1. The third kappa shape index (κ3) is 4.26. The molecule has 0 aromatic carbocycles. The lowest BCUT2D eigenvalue weighted by Crippen LogP contribution is -2.50. The van der Waals surface area contributed by atoms with Gasteiger partial charge in [-0.3, -0.25) is 14.7 Å². The second-order valence-electron chi connectivity index (χ2n) is 8.62. The first-order chi connectivity index (χ1) is 13.1. The van der Waals surface area contributed by atoms with E-state index in [1.165, 1.54) is 12.3 Å². The summed E-state index contributed by atoms with van der Waals surface area (Å²) in [7, 11) is 1.96. The first kappa shape index (κ1) is 20.9. The average Bonchev–Trinajstić information content (AvgIpc) is 3.18. The second kappa shape index (κ2) is 7.89. The molecule has 0 radical (unpaired) electrons. The second-order valence-corrected chi connectivity index (χ2v) is 8.62. The van der Waals surface area contributed by atoms with Crippen molar-refractivity contribution in [2.75, 3.05) is 25.0 Å². The maximum atomic E-state index is 13.0. The SMILES string of the molecule is CC(C)C[C@@H](C(N)=O)N(C)[C@H]1CC[C@@H]2CN(c3cncc(C(F)(F)F)c3)C[C@@H]21. The van der Waals surface area contributed by atoms with Crippen LogP contribution in [0, 0.1) is 17.8 Å². The van der Waals surface area contributed by atoms with Gasteiger partial charge in [-0.1, -0.05) is 13.8 Å². The highest BCUT2D eigenvalue weighted by Gasteiger charge is 2.46. The summed E-state index contributed by atoms with van der Waals surface area (Å²) in [6.45, 7) is 5.54. The van der Waals surface area contributed by atoms with Crippen LogP contribution in [-0.4, -0.2) is 48.0 Å². The lowest BCUT2D eigenvalue weighted by molar-refractivity contribution is -0.137. The van der Waals surface area contributed by atoms with Crippen molar-refractivity contribution in [1.29, 1.82) is 0 Å². The Morgan fingerprint density at radius 3 is 2.64 bits per heavy atom. The molecule has 0 bridgehead atoms. The minimum absolute atomic E-state index is 0.213. The molecule has 1 aliphatic carbocycles. The Bertz CT molecular complexity index is 709. The Hall–Kier alpha value is -1.83. The van der Waals surface area contributed by atoms with E-state index in [0.29, 0.717) is 36.4 Å². The number of amides is 1. The number of hydrogen-bond acceptors (Lipinski definition) is 4. The Morgan fingerprint density at radius 1 is 1.32 bits per heavy atom. The number of rotatable bonds is 6. The van der Waals surface area contributed by atoms with E-state index in [4.69, 9.17) is 5.73 Å². The molecule has 0 spiro atoms. The number of primary amides is 1. The fourth-order valence-electron chi connectivity index (χ4n) is 4.87. The van der Waals surface area contributed by atoms with Gasteiger partial charge in [0, 0.05) is 25.3 Å². The lowest BCUT2D eigenvalue weighted by atomic mass is 9.94. The van der Waals surface area contributed by atoms with Crippen LogP contribution in [0.25, 0.3) is 0 Å². The molecule has 1 saturated carbocycles. The number of fused-ring (bicyclic) bond motifs is 1. The van der Waals surface area contributed by atoms with Gasteiger partial charge in [0.15, 0.2) is 0 Å². The molecule has 1 aromatic rings. The number of halogens is 3. The smallest absolute Gasteiger partial charge is 0.370 e. The summed E-state index contributed by atoms with van der Waals surface area (Å²) < 4.78 is 39.0. The van der Waals surface area contributed by atoms with E-state index in [1.54, 1.807) is 0 Å². The first-order valence-electron chi connectivity index (χ1n) is 9.86. The molecule has 4 atom stereocenters. The molecule has 2 N–H and O–H groups in total. The van der Waals surface area contributed by atoms with Gasteiger partial charge in [-0.25, -0.2) is 0 Å². The van der Waals surface area contributed by atoms with Crippen LogP contribution in [0.1, 0.15) is 38.7 Å². The number of nitrogens with zero attached hydrogens (tertiary/aromatic N) is 3. The lowest BCUT2D eigenvalue weighted by Gasteiger charge is -2.35. The van der Waals surface area contributed by atoms with Crippen molar-refractivity contribution in [1.82, 2.24) is 9.88 Å². The van der Waals surface area contributed by atoms with Crippen molar-refractivity contribution < 1.29 is 18.0 Å². The highest BCUT2D eigenvalue weighted by atomic mass is 19.4. The van der Waals surface area contributed by atoms with Crippen LogP contribution in [0.15, 0.2) is 18.5 Å². The minimum Gasteiger partial charge on any atom is -0.370 e. The van der Waals surface area contributed by atoms with Gasteiger partial charge in [-0.05, 0) is 50.1 Å². The fraction of sp³-hybridized carbons (Fsp3) is 0.700. The zero-order valence-corrected chi connectivity index (χ0v) is 16.6. The molecule has 156 valence electrons. The van der Waals surface area contributed by atoms with E-state index in [9.17, 15) is 18.0 Å². The van der Waals surface area contributed by atoms with E-state index in [1.807, 2.05) is 11.9 Å². The van der Waals surface area contributed by atoms with Crippen LogP contribution in [-0.2, 0) is 11.0 Å². The summed E-state index contributed by atoms with van der Waals surface area (Å²) >= 11 is 0. The van der Waals surface area contributed by atoms with E-state index < -0.39 is 11.7 Å². The molecule has 3 rings (SSSR count). The molecule has 1 saturated heterocycles. The van der Waals surface area contributed by atoms with Gasteiger partial charge in [-0.15, -0.1) is 0 Å². The summed E-state index contributed by atoms with van der Waals surface area (Å²) in [5.41, 5.74) is 5.45. The summed E-state index contributed by atoms with van der Waals surface area (Å²) in [5, 5.41) is 0.